The minimum absolute atomic E-state index is 0.0767. The van der Waals surface area contributed by atoms with Gasteiger partial charge < -0.3 is 15.2 Å². The number of hydrogen-bond donors (Lipinski definition) is 1. The molecule has 0 aliphatic carbocycles. The fourth-order valence-electron chi connectivity index (χ4n) is 1.12. The lowest BCUT2D eigenvalue weighted by atomic mass is 10.0. The van der Waals surface area contributed by atoms with Crippen molar-refractivity contribution in [3.8, 4) is 0 Å². The van der Waals surface area contributed by atoms with Crippen LogP contribution in [-0.2, 0) is 14.3 Å². The Labute approximate surface area is 65.7 Å². The van der Waals surface area contributed by atoms with Gasteiger partial charge in [0.15, 0.2) is 6.10 Å². The molecule has 1 fully saturated rings. The van der Waals surface area contributed by atoms with E-state index >= 15 is 0 Å². The lowest BCUT2D eigenvalue weighted by Crippen LogP contribution is -2.39. The van der Waals surface area contributed by atoms with Crippen LogP contribution in [0.2, 0.25) is 0 Å². The Balaban J connectivity index is 2.39. The number of nitrogens with two attached hydrogens (primary N) is 1. The summed E-state index contributed by atoms with van der Waals surface area (Å²) in [6.07, 6.45) is 0.962. The predicted molar refractivity (Wildman–Crippen MR) is 39.0 cm³/mol. The standard InChI is InChI=1S/C7H13NO3/c1-10-7(9)6-4-5(8)2-3-11-6/h5-6H,2-4,8H2,1H3. The number of rotatable bonds is 1. The molecule has 1 aliphatic rings. The van der Waals surface area contributed by atoms with Gasteiger partial charge in [0.1, 0.15) is 0 Å². The molecule has 0 aromatic rings. The molecule has 2 N–H and O–H groups in total. The molecule has 1 aliphatic heterocycles. The quantitative estimate of drug-likeness (QED) is 0.532. The zero-order chi connectivity index (χ0) is 8.27. The normalized spacial score (nSPS) is 31.5. The van der Waals surface area contributed by atoms with Crippen molar-refractivity contribution in [1.29, 1.82) is 0 Å². The van der Waals surface area contributed by atoms with Crippen molar-refractivity contribution in [2.75, 3.05) is 13.7 Å². The zero-order valence-electron chi connectivity index (χ0n) is 6.58. The first-order chi connectivity index (χ1) is 5.24. The second-order valence-corrected chi connectivity index (χ2v) is 2.67. The van der Waals surface area contributed by atoms with E-state index in [4.69, 9.17) is 10.5 Å². The maximum atomic E-state index is 10.9. The molecule has 0 saturated carbocycles. The third-order valence-corrected chi connectivity index (χ3v) is 1.79. The Morgan fingerprint density at radius 2 is 2.45 bits per heavy atom. The van der Waals surface area contributed by atoms with Gasteiger partial charge in [-0.3, -0.25) is 0 Å². The zero-order valence-corrected chi connectivity index (χ0v) is 6.58. The highest BCUT2D eigenvalue weighted by Crippen LogP contribution is 2.12. The highest BCUT2D eigenvalue weighted by molar-refractivity contribution is 5.74. The van der Waals surface area contributed by atoms with E-state index < -0.39 is 6.10 Å². The van der Waals surface area contributed by atoms with Gasteiger partial charge in [-0.15, -0.1) is 0 Å². The summed E-state index contributed by atoms with van der Waals surface area (Å²) in [4.78, 5) is 10.9. The molecule has 64 valence electrons. The van der Waals surface area contributed by atoms with Crippen LogP contribution in [0.15, 0.2) is 0 Å². The van der Waals surface area contributed by atoms with Gasteiger partial charge in [-0.05, 0) is 12.8 Å². The Kier molecular flexibility index (Phi) is 2.84. The van der Waals surface area contributed by atoms with Crippen molar-refractivity contribution in [3.63, 3.8) is 0 Å². The molecule has 1 heterocycles. The molecule has 1 rings (SSSR count). The summed E-state index contributed by atoms with van der Waals surface area (Å²) < 4.78 is 9.67. The van der Waals surface area contributed by atoms with Gasteiger partial charge in [-0.2, -0.15) is 0 Å². The van der Waals surface area contributed by atoms with E-state index in [2.05, 4.69) is 4.74 Å². The van der Waals surface area contributed by atoms with Gasteiger partial charge in [-0.1, -0.05) is 0 Å². The first kappa shape index (κ1) is 8.49. The maximum absolute atomic E-state index is 10.9. The summed E-state index contributed by atoms with van der Waals surface area (Å²) in [5.74, 6) is -0.319. The van der Waals surface area contributed by atoms with Gasteiger partial charge in [0.2, 0.25) is 0 Å². The van der Waals surface area contributed by atoms with E-state index in [9.17, 15) is 4.79 Å². The average molecular weight is 159 g/mol. The predicted octanol–water partition coefficient (Wildman–Crippen LogP) is -0.334. The lowest BCUT2D eigenvalue weighted by molar-refractivity contribution is -0.157. The number of carbonyl (C=O) groups excluding carboxylic acids is 1. The Morgan fingerprint density at radius 1 is 1.73 bits per heavy atom. The van der Waals surface area contributed by atoms with Crippen LogP contribution < -0.4 is 5.73 Å². The molecule has 2 atom stereocenters. The monoisotopic (exact) mass is 159 g/mol. The summed E-state index contributed by atoms with van der Waals surface area (Å²) in [6, 6.07) is 0.0767. The fourth-order valence-corrected chi connectivity index (χ4v) is 1.12. The molecule has 4 nitrogen and oxygen atoms in total. The SMILES string of the molecule is COC(=O)C1CC(N)CCO1. The van der Waals surface area contributed by atoms with Crippen molar-refractivity contribution >= 4 is 5.97 Å². The molecular weight excluding hydrogens is 146 g/mol. The third-order valence-electron chi connectivity index (χ3n) is 1.79. The Hall–Kier alpha value is -0.610. The summed E-state index contributed by atoms with van der Waals surface area (Å²) in [5.41, 5.74) is 5.63. The van der Waals surface area contributed by atoms with Crippen LogP contribution in [0.1, 0.15) is 12.8 Å². The van der Waals surface area contributed by atoms with Crippen LogP contribution in [-0.4, -0.2) is 31.8 Å². The summed E-state index contributed by atoms with van der Waals surface area (Å²) in [7, 11) is 1.35. The van der Waals surface area contributed by atoms with E-state index in [0.29, 0.717) is 13.0 Å². The van der Waals surface area contributed by atoms with Crippen molar-refractivity contribution in [2.24, 2.45) is 5.73 Å². The molecule has 0 aromatic heterocycles. The number of esters is 1. The van der Waals surface area contributed by atoms with Crippen molar-refractivity contribution < 1.29 is 14.3 Å². The van der Waals surface area contributed by atoms with Gasteiger partial charge in [0.25, 0.3) is 0 Å². The fraction of sp³-hybridized carbons (Fsp3) is 0.857. The van der Waals surface area contributed by atoms with Crippen molar-refractivity contribution in [1.82, 2.24) is 0 Å². The van der Waals surface area contributed by atoms with Crippen LogP contribution in [0.5, 0.6) is 0 Å². The van der Waals surface area contributed by atoms with Crippen LogP contribution >= 0.6 is 0 Å². The highest BCUT2D eigenvalue weighted by Gasteiger charge is 2.26. The lowest BCUT2D eigenvalue weighted by Gasteiger charge is -2.24. The molecule has 2 unspecified atom stereocenters. The number of hydrogen-bond acceptors (Lipinski definition) is 4. The molecule has 0 amide bonds. The molecule has 0 spiro atoms. The second kappa shape index (κ2) is 3.69. The first-order valence-electron chi connectivity index (χ1n) is 3.69. The van der Waals surface area contributed by atoms with Crippen molar-refractivity contribution in [3.05, 3.63) is 0 Å². The number of carbonyl (C=O) groups is 1. The maximum Gasteiger partial charge on any atom is 0.335 e. The number of ether oxygens (including phenoxy) is 2. The summed E-state index contributed by atoms with van der Waals surface area (Å²) in [6.45, 7) is 0.556. The Morgan fingerprint density at radius 3 is 3.00 bits per heavy atom. The van der Waals surface area contributed by atoms with E-state index in [1.807, 2.05) is 0 Å². The topological polar surface area (TPSA) is 61.5 Å². The second-order valence-electron chi connectivity index (χ2n) is 2.67. The smallest absolute Gasteiger partial charge is 0.335 e. The number of methoxy groups -OCH3 is 1. The summed E-state index contributed by atoms with van der Waals surface area (Å²) in [5, 5.41) is 0. The molecule has 4 heteroatoms. The molecule has 0 radical (unpaired) electrons. The van der Waals surface area contributed by atoms with E-state index in [1.54, 1.807) is 0 Å². The highest BCUT2D eigenvalue weighted by atomic mass is 16.6. The molecular formula is C7H13NO3. The van der Waals surface area contributed by atoms with Gasteiger partial charge in [0.05, 0.1) is 7.11 Å². The van der Waals surface area contributed by atoms with Crippen LogP contribution in [0.3, 0.4) is 0 Å². The van der Waals surface area contributed by atoms with Crippen molar-refractivity contribution in [2.45, 2.75) is 25.0 Å². The van der Waals surface area contributed by atoms with Crippen LogP contribution in [0.4, 0.5) is 0 Å². The largest absolute Gasteiger partial charge is 0.467 e. The Bertz CT molecular complexity index is 149. The van der Waals surface area contributed by atoms with Crippen LogP contribution in [0.25, 0.3) is 0 Å². The molecule has 11 heavy (non-hydrogen) atoms. The molecule has 0 bridgehead atoms. The first-order valence-corrected chi connectivity index (χ1v) is 3.69. The third kappa shape index (κ3) is 2.17. The van der Waals surface area contributed by atoms with Gasteiger partial charge in [-0.25, -0.2) is 4.79 Å². The van der Waals surface area contributed by atoms with E-state index in [-0.39, 0.29) is 12.0 Å². The summed E-state index contributed by atoms with van der Waals surface area (Å²) >= 11 is 0. The molecule has 0 aromatic carbocycles. The van der Waals surface area contributed by atoms with E-state index in [0.717, 1.165) is 6.42 Å². The molecule has 1 saturated heterocycles. The minimum Gasteiger partial charge on any atom is -0.467 e. The van der Waals surface area contributed by atoms with Gasteiger partial charge >= 0.3 is 5.97 Å². The average Bonchev–Trinajstić information content (AvgIpc) is 2.03. The minimum atomic E-state index is -0.441. The van der Waals surface area contributed by atoms with E-state index in [1.165, 1.54) is 7.11 Å². The van der Waals surface area contributed by atoms with Gasteiger partial charge in [0, 0.05) is 12.6 Å². The van der Waals surface area contributed by atoms with Crippen LogP contribution in [0, 0.1) is 0 Å².